The van der Waals surface area contributed by atoms with Gasteiger partial charge in [0.2, 0.25) is 5.72 Å². The first-order valence-corrected chi connectivity index (χ1v) is 9.40. The molecule has 0 aromatic heterocycles. The molecule has 0 bridgehead atoms. The van der Waals surface area contributed by atoms with Crippen LogP contribution in [0.4, 0.5) is 13.2 Å². The number of halogens is 3. The molecule has 1 heterocycles. The molecule has 4 N–H and O–H groups in total. The summed E-state index contributed by atoms with van der Waals surface area (Å²) < 4.78 is 45.8. The van der Waals surface area contributed by atoms with E-state index in [9.17, 15) is 13.2 Å². The lowest BCUT2D eigenvalue weighted by atomic mass is 9.92. The topological polar surface area (TPSA) is 59.3 Å². The number of unbranched alkanes of at least 4 members (excludes halogenated alkanes) is 1. The average molecular weight is 385 g/mol. The second-order valence-electron chi connectivity index (χ2n) is 7.60. The van der Waals surface area contributed by atoms with Crippen molar-refractivity contribution < 1.29 is 17.9 Å². The Kier molecular flexibility index (Phi) is 6.22. The maximum atomic E-state index is 13.2. The normalized spacial score (nSPS) is 26.6. The van der Waals surface area contributed by atoms with Crippen LogP contribution >= 0.6 is 0 Å². The van der Waals surface area contributed by atoms with E-state index in [2.05, 4.69) is 17.6 Å². The maximum absolute atomic E-state index is 13.2. The molecular weight excluding hydrogens is 355 g/mol. The van der Waals surface area contributed by atoms with Gasteiger partial charge in [-0.25, -0.2) is 0 Å². The van der Waals surface area contributed by atoms with Crippen LogP contribution in [0.15, 0.2) is 46.7 Å². The van der Waals surface area contributed by atoms with Crippen LogP contribution in [0.25, 0.3) is 0 Å². The van der Waals surface area contributed by atoms with Crippen LogP contribution in [0.1, 0.15) is 53.9 Å². The van der Waals surface area contributed by atoms with E-state index in [1.165, 1.54) is 12.3 Å². The predicted molar refractivity (Wildman–Crippen MR) is 101 cm³/mol. The smallest absolute Gasteiger partial charge is 0.412 e. The molecule has 0 aromatic carbocycles. The molecule has 0 saturated heterocycles. The minimum atomic E-state index is -4.34. The summed E-state index contributed by atoms with van der Waals surface area (Å²) in [6.45, 7) is 9.63. The van der Waals surface area contributed by atoms with E-state index >= 15 is 0 Å². The third-order valence-corrected chi connectivity index (χ3v) is 4.66. The Bertz CT molecular complexity index is 689. The van der Waals surface area contributed by atoms with Gasteiger partial charge in [0, 0.05) is 29.3 Å². The summed E-state index contributed by atoms with van der Waals surface area (Å²) in [5.74, 6) is 0.209. The van der Waals surface area contributed by atoms with Crippen molar-refractivity contribution in [3.8, 4) is 0 Å². The lowest BCUT2D eigenvalue weighted by Crippen LogP contribution is -2.44. The van der Waals surface area contributed by atoms with E-state index in [1.807, 2.05) is 26.8 Å². The number of alkyl halides is 3. The fourth-order valence-electron chi connectivity index (χ4n) is 3.44. The van der Waals surface area contributed by atoms with Crippen LogP contribution in [0.2, 0.25) is 0 Å². The highest BCUT2D eigenvalue weighted by molar-refractivity contribution is 5.44. The van der Waals surface area contributed by atoms with Gasteiger partial charge in [0.15, 0.2) is 0 Å². The molecule has 0 radical (unpaired) electrons. The summed E-state index contributed by atoms with van der Waals surface area (Å²) in [6, 6.07) is 0.146. The molecule has 0 saturated carbocycles. The van der Waals surface area contributed by atoms with Gasteiger partial charge in [-0.3, -0.25) is 0 Å². The molecule has 1 aliphatic heterocycles. The van der Waals surface area contributed by atoms with Gasteiger partial charge < -0.3 is 21.1 Å². The number of hydrogen-bond donors (Lipinski definition) is 3. The molecule has 0 aromatic rings. The van der Waals surface area contributed by atoms with Gasteiger partial charge in [-0.1, -0.05) is 26.3 Å². The van der Waals surface area contributed by atoms with Gasteiger partial charge in [0.05, 0.1) is 11.4 Å². The molecule has 1 aliphatic carbocycles. The fraction of sp³-hybridized carbons (Fsp3) is 0.600. The number of ether oxygens (including phenoxy) is 1. The highest BCUT2D eigenvalue weighted by Crippen LogP contribution is 2.44. The SMILES string of the molecule is CCC/C=C(\C(=C/N)NC(C)C)[C@]1(C)NC2=C(O1)C(C)CC(C(F)(F)F)=C2. The first-order valence-electron chi connectivity index (χ1n) is 9.40. The van der Waals surface area contributed by atoms with E-state index in [-0.39, 0.29) is 18.4 Å². The fourth-order valence-corrected chi connectivity index (χ4v) is 3.44. The number of allylic oxidation sites excluding steroid dienone is 4. The standard InChI is InChI=1S/C20H30F3N3O/c1-6-7-8-15(17(11-24)25-12(2)3)19(5)26-16-10-14(20(21,22)23)9-13(4)18(16)27-19/h8,10-13,25-26H,6-7,9,24H2,1-5H3/b15-8+,17-11+/t13?,19-/m1/s1. The monoisotopic (exact) mass is 385 g/mol. The highest BCUT2D eigenvalue weighted by atomic mass is 19.4. The Morgan fingerprint density at radius 3 is 2.67 bits per heavy atom. The zero-order chi connectivity index (χ0) is 20.4. The summed E-state index contributed by atoms with van der Waals surface area (Å²) in [7, 11) is 0. The quantitative estimate of drug-likeness (QED) is 0.586. The molecule has 152 valence electrons. The van der Waals surface area contributed by atoms with E-state index in [1.54, 1.807) is 6.92 Å². The first kappa shape index (κ1) is 21.3. The van der Waals surface area contributed by atoms with Gasteiger partial charge in [-0.2, -0.15) is 13.2 Å². The van der Waals surface area contributed by atoms with Gasteiger partial charge in [0.25, 0.3) is 0 Å². The van der Waals surface area contributed by atoms with E-state index in [0.717, 1.165) is 18.4 Å². The molecule has 0 amide bonds. The van der Waals surface area contributed by atoms with Crippen molar-refractivity contribution in [1.29, 1.82) is 0 Å². The second kappa shape index (κ2) is 7.90. The lowest BCUT2D eigenvalue weighted by molar-refractivity contribution is -0.0956. The van der Waals surface area contributed by atoms with Crippen molar-refractivity contribution in [2.24, 2.45) is 11.7 Å². The molecule has 2 atom stereocenters. The summed E-state index contributed by atoms with van der Waals surface area (Å²) in [5.41, 5.74) is 6.22. The van der Waals surface area contributed by atoms with E-state index in [4.69, 9.17) is 10.5 Å². The number of rotatable bonds is 6. The molecule has 27 heavy (non-hydrogen) atoms. The molecule has 0 spiro atoms. The number of nitrogens with two attached hydrogens (primary N) is 1. The highest BCUT2D eigenvalue weighted by Gasteiger charge is 2.46. The summed E-state index contributed by atoms with van der Waals surface area (Å²) in [5, 5.41) is 6.48. The van der Waals surface area contributed by atoms with Crippen LogP contribution in [-0.2, 0) is 4.74 Å². The van der Waals surface area contributed by atoms with Crippen molar-refractivity contribution in [3.05, 3.63) is 46.7 Å². The van der Waals surface area contributed by atoms with Crippen LogP contribution in [0.3, 0.4) is 0 Å². The van der Waals surface area contributed by atoms with Crippen molar-refractivity contribution in [3.63, 3.8) is 0 Å². The third-order valence-electron chi connectivity index (χ3n) is 4.66. The largest absolute Gasteiger partial charge is 0.466 e. The summed E-state index contributed by atoms with van der Waals surface area (Å²) in [4.78, 5) is 0. The minimum Gasteiger partial charge on any atom is -0.466 e. The Hall–Kier alpha value is -2.05. The van der Waals surface area contributed by atoms with Gasteiger partial charge in [-0.05, 0) is 39.7 Å². The van der Waals surface area contributed by atoms with E-state index in [0.29, 0.717) is 17.2 Å². The molecule has 2 aliphatic rings. The molecule has 4 nitrogen and oxygen atoms in total. The predicted octanol–water partition coefficient (Wildman–Crippen LogP) is 4.59. The Morgan fingerprint density at radius 2 is 2.15 bits per heavy atom. The Morgan fingerprint density at radius 1 is 1.48 bits per heavy atom. The zero-order valence-corrected chi connectivity index (χ0v) is 16.6. The van der Waals surface area contributed by atoms with Crippen LogP contribution in [-0.4, -0.2) is 17.9 Å². The number of nitrogens with one attached hydrogen (secondary N) is 2. The lowest BCUT2D eigenvalue weighted by Gasteiger charge is -2.32. The van der Waals surface area contributed by atoms with Crippen LogP contribution in [0, 0.1) is 5.92 Å². The van der Waals surface area contributed by atoms with Gasteiger partial charge in [0.1, 0.15) is 5.76 Å². The van der Waals surface area contributed by atoms with Crippen molar-refractivity contribution >= 4 is 0 Å². The Balaban J connectivity index is 2.39. The number of hydrogen-bond acceptors (Lipinski definition) is 4. The van der Waals surface area contributed by atoms with Crippen LogP contribution < -0.4 is 16.4 Å². The second-order valence-corrected chi connectivity index (χ2v) is 7.60. The zero-order valence-electron chi connectivity index (χ0n) is 16.6. The van der Waals surface area contributed by atoms with Crippen LogP contribution in [0.5, 0.6) is 0 Å². The summed E-state index contributed by atoms with van der Waals surface area (Å²) >= 11 is 0. The van der Waals surface area contributed by atoms with Crippen molar-refractivity contribution in [2.45, 2.75) is 71.8 Å². The maximum Gasteiger partial charge on any atom is 0.412 e. The van der Waals surface area contributed by atoms with E-state index < -0.39 is 17.5 Å². The molecule has 2 rings (SSSR count). The molecule has 7 heteroatoms. The average Bonchev–Trinajstić information content (AvgIpc) is 2.90. The molecule has 0 fully saturated rings. The van der Waals surface area contributed by atoms with Gasteiger partial charge in [-0.15, -0.1) is 0 Å². The third kappa shape index (κ3) is 4.62. The van der Waals surface area contributed by atoms with Crippen molar-refractivity contribution in [1.82, 2.24) is 10.6 Å². The first-order chi connectivity index (χ1) is 12.5. The summed E-state index contributed by atoms with van der Waals surface area (Å²) in [6.07, 6.45) is 1.99. The molecular formula is C20H30F3N3O. The Labute approximate surface area is 159 Å². The van der Waals surface area contributed by atoms with Gasteiger partial charge >= 0.3 is 6.18 Å². The molecule has 1 unspecified atom stereocenters. The minimum absolute atomic E-state index is 0.0854. The van der Waals surface area contributed by atoms with Crippen molar-refractivity contribution in [2.75, 3.05) is 0 Å².